The van der Waals surface area contributed by atoms with Gasteiger partial charge in [0.1, 0.15) is 5.76 Å². The van der Waals surface area contributed by atoms with Crippen LogP contribution in [-0.4, -0.2) is 50.7 Å². The number of anilines is 1. The van der Waals surface area contributed by atoms with Crippen LogP contribution in [0.5, 0.6) is 0 Å². The van der Waals surface area contributed by atoms with Gasteiger partial charge in [0.15, 0.2) is 0 Å². The topological polar surface area (TPSA) is 112 Å². The molecule has 0 aliphatic carbocycles. The fraction of sp³-hybridized carbons (Fsp3) is 0.412. The minimum atomic E-state index is -0.0427. The van der Waals surface area contributed by atoms with Gasteiger partial charge in [0.2, 0.25) is 11.9 Å². The van der Waals surface area contributed by atoms with Crippen molar-refractivity contribution in [1.82, 2.24) is 24.5 Å². The van der Waals surface area contributed by atoms with E-state index >= 15 is 0 Å². The van der Waals surface area contributed by atoms with E-state index in [1.165, 1.54) is 0 Å². The van der Waals surface area contributed by atoms with Crippen LogP contribution in [0.1, 0.15) is 22.7 Å². The molecule has 0 radical (unpaired) electrons. The molecule has 9 heteroatoms. The van der Waals surface area contributed by atoms with Crippen LogP contribution in [0.25, 0.3) is 5.78 Å². The summed E-state index contributed by atoms with van der Waals surface area (Å²) in [6, 6.07) is 3.64. The number of nitrogen functional groups attached to an aromatic ring is 1. The molecule has 0 bridgehead atoms. The number of nitrogens with two attached hydrogens (primary N) is 1. The predicted octanol–water partition coefficient (Wildman–Crippen LogP) is 1.13. The average Bonchev–Trinajstić information content (AvgIpc) is 3.24. The van der Waals surface area contributed by atoms with Crippen LogP contribution < -0.4 is 5.73 Å². The maximum Gasteiger partial charge on any atom is 0.254 e. The molecular weight excluding hydrogens is 336 g/mol. The van der Waals surface area contributed by atoms with Gasteiger partial charge >= 0.3 is 0 Å². The Kier molecular flexibility index (Phi) is 5.17. The molecule has 0 saturated heterocycles. The lowest BCUT2D eigenvalue weighted by Gasteiger charge is -2.22. The van der Waals surface area contributed by atoms with Crippen LogP contribution in [0.15, 0.2) is 22.8 Å². The first-order valence-corrected chi connectivity index (χ1v) is 8.27. The second kappa shape index (κ2) is 7.52. The first-order valence-electron chi connectivity index (χ1n) is 8.27. The summed E-state index contributed by atoms with van der Waals surface area (Å²) >= 11 is 0. The summed E-state index contributed by atoms with van der Waals surface area (Å²) in [4.78, 5) is 23.1. The molecule has 3 heterocycles. The molecule has 0 fully saturated rings. The fourth-order valence-corrected chi connectivity index (χ4v) is 2.83. The zero-order valence-corrected chi connectivity index (χ0v) is 15.1. The number of carbonyl (C=O) groups excluding carboxylic acids is 1. The molecule has 3 aromatic heterocycles. The molecule has 3 rings (SSSR count). The molecule has 0 aromatic carbocycles. The SMILES string of the molecule is COCCN(Cc1ccco1)C(=O)Cc1c(C)nc2nc(N)nn2c1C. The second-order valence-electron chi connectivity index (χ2n) is 6.01. The summed E-state index contributed by atoms with van der Waals surface area (Å²) in [5.74, 6) is 1.27. The standard InChI is InChI=1S/C17H22N6O3/c1-11-14(12(2)23-17(19-11)20-16(18)21-23)9-15(24)22(6-8-25-3)10-13-5-4-7-26-13/h4-5,7H,6,8-10H2,1-3H3,(H2,18,21). The smallest absolute Gasteiger partial charge is 0.254 e. The number of ether oxygens (including phenoxy) is 1. The van der Waals surface area contributed by atoms with E-state index in [2.05, 4.69) is 15.1 Å². The number of furan rings is 1. The summed E-state index contributed by atoms with van der Waals surface area (Å²) in [5.41, 5.74) is 8.01. The normalized spacial score (nSPS) is 11.2. The lowest BCUT2D eigenvalue weighted by molar-refractivity contribution is -0.132. The maximum atomic E-state index is 12.9. The molecule has 0 aliphatic heterocycles. The third-order valence-electron chi connectivity index (χ3n) is 4.24. The van der Waals surface area contributed by atoms with E-state index in [1.54, 1.807) is 28.9 Å². The highest BCUT2D eigenvalue weighted by Gasteiger charge is 2.20. The first kappa shape index (κ1) is 17.9. The van der Waals surface area contributed by atoms with E-state index in [4.69, 9.17) is 14.9 Å². The highest BCUT2D eigenvalue weighted by atomic mass is 16.5. The third-order valence-corrected chi connectivity index (χ3v) is 4.24. The summed E-state index contributed by atoms with van der Waals surface area (Å²) in [5, 5.41) is 4.14. The van der Waals surface area contributed by atoms with Gasteiger partial charge in [-0.3, -0.25) is 4.79 Å². The van der Waals surface area contributed by atoms with Gasteiger partial charge in [-0.25, -0.2) is 4.98 Å². The van der Waals surface area contributed by atoms with Gasteiger partial charge in [0.05, 0.1) is 25.8 Å². The van der Waals surface area contributed by atoms with Gasteiger partial charge in [-0.2, -0.15) is 9.50 Å². The Bertz CT molecular complexity index is 903. The number of carbonyl (C=O) groups is 1. The number of amides is 1. The number of hydrogen-bond acceptors (Lipinski definition) is 7. The van der Waals surface area contributed by atoms with Crippen molar-refractivity contribution in [2.24, 2.45) is 0 Å². The number of nitrogens with zero attached hydrogens (tertiary/aromatic N) is 5. The monoisotopic (exact) mass is 358 g/mol. The number of hydrogen-bond donors (Lipinski definition) is 1. The number of rotatable bonds is 7. The molecule has 0 unspecified atom stereocenters. The number of aryl methyl sites for hydroxylation is 2. The van der Waals surface area contributed by atoms with Gasteiger partial charge in [-0.1, -0.05) is 0 Å². The van der Waals surface area contributed by atoms with E-state index < -0.39 is 0 Å². The Morgan fingerprint density at radius 1 is 1.38 bits per heavy atom. The zero-order chi connectivity index (χ0) is 18.7. The van der Waals surface area contributed by atoms with E-state index in [9.17, 15) is 4.79 Å². The van der Waals surface area contributed by atoms with Gasteiger partial charge < -0.3 is 19.8 Å². The van der Waals surface area contributed by atoms with E-state index in [0.717, 1.165) is 22.7 Å². The summed E-state index contributed by atoms with van der Waals surface area (Å²) < 4.78 is 12.1. The fourth-order valence-electron chi connectivity index (χ4n) is 2.83. The predicted molar refractivity (Wildman–Crippen MR) is 94.4 cm³/mol. The van der Waals surface area contributed by atoms with Gasteiger partial charge in [0, 0.05) is 30.6 Å². The highest BCUT2D eigenvalue weighted by Crippen LogP contribution is 2.17. The van der Waals surface area contributed by atoms with E-state index in [0.29, 0.717) is 25.5 Å². The largest absolute Gasteiger partial charge is 0.467 e. The Labute approximate surface area is 150 Å². The number of aromatic nitrogens is 4. The van der Waals surface area contributed by atoms with Crippen molar-refractivity contribution in [3.8, 4) is 0 Å². The minimum absolute atomic E-state index is 0.0427. The molecule has 26 heavy (non-hydrogen) atoms. The van der Waals surface area contributed by atoms with Crippen molar-refractivity contribution >= 4 is 17.6 Å². The molecular formula is C17H22N6O3. The molecule has 1 amide bonds. The zero-order valence-electron chi connectivity index (χ0n) is 15.1. The van der Waals surface area contributed by atoms with E-state index in [1.807, 2.05) is 19.9 Å². The Balaban J connectivity index is 1.85. The number of methoxy groups -OCH3 is 1. The van der Waals surface area contributed by atoms with Gasteiger partial charge in [-0.15, -0.1) is 5.10 Å². The molecule has 9 nitrogen and oxygen atoms in total. The quantitative estimate of drug-likeness (QED) is 0.674. The molecule has 2 N–H and O–H groups in total. The first-order chi connectivity index (χ1) is 12.5. The summed E-state index contributed by atoms with van der Waals surface area (Å²) in [6.07, 6.45) is 1.79. The van der Waals surface area contributed by atoms with Crippen molar-refractivity contribution < 1.29 is 13.9 Å². The average molecular weight is 358 g/mol. The van der Waals surface area contributed by atoms with Crippen molar-refractivity contribution in [1.29, 1.82) is 0 Å². The van der Waals surface area contributed by atoms with Crippen molar-refractivity contribution in [2.75, 3.05) is 26.0 Å². The number of fused-ring (bicyclic) bond motifs is 1. The lowest BCUT2D eigenvalue weighted by atomic mass is 10.1. The third kappa shape index (κ3) is 3.67. The van der Waals surface area contributed by atoms with Crippen molar-refractivity contribution in [2.45, 2.75) is 26.8 Å². The van der Waals surface area contributed by atoms with Gasteiger partial charge in [-0.05, 0) is 26.0 Å². The molecule has 0 spiro atoms. The van der Waals surface area contributed by atoms with Crippen LogP contribution in [-0.2, 0) is 22.5 Å². The van der Waals surface area contributed by atoms with Crippen LogP contribution in [0.4, 0.5) is 5.95 Å². The van der Waals surface area contributed by atoms with Crippen LogP contribution in [0.3, 0.4) is 0 Å². The minimum Gasteiger partial charge on any atom is -0.467 e. The van der Waals surface area contributed by atoms with Gasteiger partial charge in [0.25, 0.3) is 5.78 Å². The summed E-state index contributed by atoms with van der Waals surface area (Å²) in [7, 11) is 1.61. The highest BCUT2D eigenvalue weighted by molar-refractivity contribution is 5.79. The maximum absolute atomic E-state index is 12.9. The van der Waals surface area contributed by atoms with Crippen molar-refractivity contribution in [3.63, 3.8) is 0 Å². The second-order valence-corrected chi connectivity index (χ2v) is 6.01. The molecule has 0 atom stereocenters. The Morgan fingerprint density at radius 3 is 2.88 bits per heavy atom. The molecule has 3 aromatic rings. The molecule has 0 saturated carbocycles. The Hall–Kier alpha value is -2.94. The van der Waals surface area contributed by atoms with Crippen LogP contribution in [0, 0.1) is 13.8 Å². The molecule has 138 valence electrons. The van der Waals surface area contributed by atoms with E-state index in [-0.39, 0.29) is 18.3 Å². The molecule has 0 aliphatic rings. The lowest BCUT2D eigenvalue weighted by Crippen LogP contribution is -2.35. The van der Waals surface area contributed by atoms with Crippen LogP contribution in [0.2, 0.25) is 0 Å². The Morgan fingerprint density at radius 2 is 2.19 bits per heavy atom. The van der Waals surface area contributed by atoms with Crippen molar-refractivity contribution in [3.05, 3.63) is 41.1 Å². The summed E-state index contributed by atoms with van der Waals surface area (Å²) in [6.45, 7) is 5.04. The van der Waals surface area contributed by atoms with Crippen LogP contribution >= 0.6 is 0 Å².